The van der Waals surface area contributed by atoms with Gasteiger partial charge < -0.3 is 10.1 Å². The molecule has 9 heteroatoms. The smallest absolute Gasteiger partial charge is 0.253 e. The van der Waals surface area contributed by atoms with Gasteiger partial charge >= 0.3 is 0 Å². The van der Waals surface area contributed by atoms with E-state index in [2.05, 4.69) is 5.32 Å². The molecule has 0 spiro atoms. The van der Waals surface area contributed by atoms with Crippen molar-refractivity contribution in [2.45, 2.75) is 23.8 Å². The lowest BCUT2D eigenvalue weighted by atomic mass is 10.1. The molecule has 1 amide bonds. The molecule has 21 heavy (non-hydrogen) atoms. The lowest BCUT2D eigenvalue weighted by Gasteiger charge is -2.23. The zero-order valence-corrected chi connectivity index (χ0v) is 12.5. The van der Waals surface area contributed by atoms with Crippen LogP contribution in [0.1, 0.15) is 23.2 Å². The van der Waals surface area contributed by atoms with Gasteiger partial charge in [-0.25, -0.2) is 17.9 Å². The third kappa shape index (κ3) is 3.91. The quantitative estimate of drug-likeness (QED) is 0.861. The van der Waals surface area contributed by atoms with E-state index in [1.807, 2.05) is 0 Å². The molecular formula is C12H14ClFN2O4S. The Bertz CT molecular complexity index is 659. The fourth-order valence-corrected chi connectivity index (χ4v) is 2.74. The van der Waals surface area contributed by atoms with Crippen LogP contribution in [0.4, 0.5) is 4.39 Å². The highest BCUT2D eigenvalue weighted by molar-refractivity contribution is 7.89. The number of nitrogens with two attached hydrogens (primary N) is 1. The molecule has 0 atom stereocenters. The second-order valence-corrected chi connectivity index (χ2v) is 6.61. The van der Waals surface area contributed by atoms with Gasteiger partial charge in [-0.2, -0.15) is 0 Å². The van der Waals surface area contributed by atoms with E-state index in [1.54, 1.807) is 0 Å². The average molecular weight is 337 g/mol. The van der Waals surface area contributed by atoms with Crippen molar-refractivity contribution in [3.8, 4) is 0 Å². The molecule has 1 aromatic rings. The van der Waals surface area contributed by atoms with Crippen molar-refractivity contribution in [3.05, 3.63) is 28.5 Å². The number of nitrogens with one attached hydrogen (secondary N) is 1. The van der Waals surface area contributed by atoms with E-state index in [0.29, 0.717) is 32.1 Å². The molecule has 0 saturated carbocycles. The van der Waals surface area contributed by atoms with Crippen LogP contribution in [-0.2, 0) is 14.8 Å². The highest BCUT2D eigenvalue weighted by atomic mass is 35.5. The van der Waals surface area contributed by atoms with E-state index in [1.165, 1.54) is 0 Å². The third-order valence-corrected chi connectivity index (χ3v) is 4.41. The molecule has 0 radical (unpaired) electrons. The topological polar surface area (TPSA) is 98.5 Å². The summed E-state index contributed by atoms with van der Waals surface area (Å²) in [5, 5.41) is 7.18. The second-order valence-electron chi connectivity index (χ2n) is 4.67. The maximum Gasteiger partial charge on any atom is 0.253 e. The van der Waals surface area contributed by atoms with Gasteiger partial charge in [0.25, 0.3) is 5.91 Å². The van der Waals surface area contributed by atoms with Crippen molar-refractivity contribution in [2.75, 3.05) is 13.2 Å². The number of ether oxygens (including phenoxy) is 1. The largest absolute Gasteiger partial charge is 0.381 e. The minimum atomic E-state index is -4.13. The van der Waals surface area contributed by atoms with Crippen molar-refractivity contribution in [1.29, 1.82) is 0 Å². The van der Waals surface area contributed by atoms with Crippen molar-refractivity contribution >= 4 is 27.5 Å². The first kappa shape index (κ1) is 16.2. The Morgan fingerprint density at radius 1 is 1.38 bits per heavy atom. The Balaban J connectivity index is 2.29. The Morgan fingerprint density at radius 2 is 2.00 bits per heavy atom. The molecule has 0 aliphatic carbocycles. The molecule has 0 aromatic heterocycles. The Kier molecular flexibility index (Phi) is 4.82. The molecule has 1 heterocycles. The zero-order chi connectivity index (χ0) is 15.6. The first-order valence-electron chi connectivity index (χ1n) is 6.19. The number of sulfonamides is 1. The Hall–Kier alpha value is -1.22. The van der Waals surface area contributed by atoms with Gasteiger partial charge in [-0.15, -0.1) is 0 Å². The lowest BCUT2D eigenvalue weighted by molar-refractivity contribution is 0.0696. The minimum Gasteiger partial charge on any atom is -0.381 e. The molecular weight excluding hydrogens is 323 g/mol. The summed E-state index contributed by atoms with van der Waals surface area (Å²) in [6.45, 7) is 1.04. The lowest BCUT2D eigenvalue weighted by Crippen LogP contribution is -2.39. The predicted molar refractivity (Wildman–Crippen MR) is 74.1 cm³/mol. The van der Waals surface area contributed by atoms with Crippen molar-refractivity contribution in [2.24, 2.45) is 5.14 Å². The van der Waals surface area contributed by atoms with E-state index in [4.69, 9.17) is 21.5 Å². The number of halogens is 2. The molecule has 6 nitrogen and oxygen atoms in total. The number of carbonyl (C=O) groups is 1. The monoisotopic (exact) mass is 336 g/mol. The van der Waals surface area contributed by atoms with Crippen LogP contribution in [-0.4, -0.2) is 33.6 Å². The van der Waals surface area contributed by atoms with Crippen LogP contribution in [0.5, 0.6) is 0 Å². The van der Waals surface area contributed by atoms with Gasteiger partial charge in [-0.1, -0.05) is 11.6 Å². The maximum absolute atomic E-state index is 13.7. The predicted octanol–water partition coefficient (Wildman–Crippen LogP) is 1.04. The van der Waals surface area contributed by atoms with Gasteiger partial charge in [0, 0.05) is 19.3 Å². The molecule has 3 N–H and O–H groups in total. The minimum absolute atomic E-state index is 0.122. The Labute approximate surface area is 126 Å². The van der Waals surface area contributed by atoms with Crippen molar-refractivity contribution in [3.63, 3.8) is 0 Å². The second kappa shape index (κ2) is 6.27. The number of carbonyl (C=O) groups excluding carboxylic acids is 1. The number of rotatable bonds is 3. The number of hydrogen-bond donors (Lipinski definition) is 2. The summed E-state index contributed by atoms with van der Waals surface area (Å²) < 4.78 is 41.4. The molecule has 0 bridgehead atoms. The summed E-state index contributed by atoms with van der Waals surface area (Å²) >= 11 is 5.73. The SMILES string of the molecule is NS(=O)(=O)c1cc(F)c(Cl)c(C(=O)NC2CCOCC2)c1. The molecule has 1 fully saturated rings. The summed E-state index contributed by atoms with van der Waals surface area (Å²) in [6.07, 6.45) is 1.25. The van der Waals surface area contributed by atoms with E-state index in [9.17, 15) is 17.6 Å². The zero-order valence-electron chi connectivity index (χ0n) is 10.9. The number of primary sulfonamides is 1. The van der Waals surface area contributed by atoms with E-state index < -0.39 is 31.7 Å². The molecule has 0 unspecified atom stereocenters. The molecule has 2 rings (SSSR count). The van der Waals surface area contributed by atoms with E-state index >= 15 is 0 Å². The molecule has 116 valence electrons. The summed E-state index contributed by atoms with van der Waals surface area (Å²) in [6, 6.07) is 1.53. The summed E-state index contributed by atoms with van der Waals surface area (Å²) in [5.74, 6) is -1.66. The van der Waals surface area contributed by atoms with E-state index in [-0.39, 0.29) is 11.6 Å². The van der Waals surface area contributed by atoms with Gasteiger partial charge in [0.05, 0.1) is 15.5 Å². The standard InChI is InChI=1S/C12H14ClFN2O4S/c13-11-9(5-8(6-10(11)14)21(15,18)19)12(17)16-7-1-3-20-4-2-7/h5-7H,1-4H2,(H,16,17)(H2,15,18,19). The van der Waals surface area contributed by atoms with Crippen LogP contribution in [0, 0.1) is 5.82 Å². The van der Waals surface area contributed by atoms with Crippen LogP contribution >= 0.6 is 11.6 Å². The third-order valence-electron chi connectivity index (χ3n) is 3.13. The number of hydrogen-bond acceptors (Lipinski definition) is 4. The van der Waals surface area contributed by atoms with Crippen molar-refractivity contribution in [1.82, 2.24) is 5.32 Å². The average Bonchev–Trinajstić information content (AvgIpc) is 2.41. The van der Waals surface area contributed by atoms with Gasteiger partial charge in [0.15, 0.2) is 0 Å². The van der Waals surface area contributed by atoms with Gasteiger partial charge in [-0.05, 0) is 25.0 Å². The highest BCUT2D eigenvalue weighted by Gasteiger charge is 2.22. The summed E-state index contributed by atoms with van der Waals surface area (Å²) in [4.78, 5) is 11.6. The number of benzene rings is 1. The first-order valence-corrected chi connectivity index (χ1v) is 8.12. The van der Waals surface area contributed by atoms with Gasteiger partial charge in [0.2, 0.25) is 10.0 Å². The van der Waals surface area contributed by atoms with Crippen LogP contribution in [0.15, 0.2) is 17.0 Å². The fourth-order valence-electron chi connectivity index (χ4n) is 2.00. The Morgan fingerprint density at radius 3 is 2.57 bits per heavy atom. The molecule has 1 aromatic carbocycles. The van der Waals surface area contributed by atoms with Gasteiger partial charge in [0.1, 0.15) is 5.82 Å². The normalized spacial score (nSPS) is 16.7. The molecule has 1 aliphatic rings. The summed E-state index contributed by atoms with van der Waals surface area (Å²) in [5.41, 5.74) is -0.257. The van der Waals surface area contributed by atoms with E-state index in [0.717, 1.165) is 6.07 Å². The number of amides is 1. The summed E-state index contributed by atoms with van der Waals surface area (Å²) in [7, 11) is -4.13. The van der Waals surface area contributed by atoms with Crippen LogP contribution in [0.3, 0.4) is 0 Å². The highest BCUT2D eigenvalue weighted by Crippen LogP contribution is 2.24. The first-order chi connectivity index (χ1) is 9.79. The van der Waals surface area contributed by atoms with Crippen molar-refractivity contribution < 1.29 is 22.3 Å². The molecule has 1 saturated heterocycles. The maximum atomic E-state index is 13.7. The fraction of sp³-hybridized carbons (Fsp3) is 0.417. The van der Waals surface area contributed by atoms with Crippen LogP contribution in [0.25, 0.3) is 0 Å². The van der Waals surface area contributed by atoms with Crippen LogP contribution in [0.2, 0.25) is 5.02 Å². The van der Waals surface area contributed by atoms with Crippen LogP contribution < -0.4 is 10.5 Å². The van der Waals surface area contributed by atoms with Gasteiger partial charge in [-0.3, -0.25) is 4.79 Å². The molecule has 1 aliphatic heterocycles.